The summed E-state index contributed by atoms with van der Waals surface area (Å²) in [5.74, 6) is -0.287. The van der Waals surface area contributed by atoms with Gasteiger partial charge in [-0.3, -0.25) is 4.79 Å². The Morgan fingerprint density at radius 3 is 2.27 bits per heavy atom. The minimum atomic E-state index is -0.535. The minimum Gasteiger partial charge on any atom is -0.346 e. The van der Waals surface area contributed by atoms with E-state index in [0.29, 0.717) is 16.9 Å². The highest BCUT2D eigenvalue weighted by Crippen LogP contribution is 2.28. The molecular weight excluding hydrogens is 380 g/mol. The molecule has 0 spiro atoms. The van der Waals surface area contributed by atoms with Gasteiger partial charge < -0.3 is 10.3 Å². The molecule has 0 atom stereocenters. The number of carbonyl (C=O) groups excluding carboxylic acids is 2. The third kappa shape index (κ3) is 3.46. The van der Waals surface area contributed by atoms with Crippen molar-refractivity contribution < 1.29 is 9.59 Å². The first-order valence-electron chi connectivity index (χ1n) is 9.35. The second kappa shape index (κ2) is 8.04. The van der Waals surface area contributed by atoms with Gasteiger partial charge in [0, 0.05) is 36.8 Å². The molecule has 0 unspecified atom stereocenters. The Hall–Kier alpha value is -4.20. The number of amides is 3. The molecule has 2 heterocycles. The number of rotatable bonds is 3. The summed E-state index contributed by atoms with van der Waals surface area (Å²) < 4.78 is 0. The predicted molar refractivity (Wildman–Crippen MR) is 115 cm³/mol. The van der Waals surface area contributed by atoms with Crippen LogP contribution in [-0.2, 0) is 0 Å². The lowest BCUT2D eigenvalue weighted by Gasteiger charge is -2.29. The van der Waals surface area contributed by atoms with Gasteiger partial charge in [-0.05, 0) is 18.2 Å². The number of aromatic amines is 1. The van der Waals surface area contributed by atoms with Crippen LogP contribution in [0, 0.1) is 0 Å². The van der Waals surface area contributed by atoms with E-state index >= 15 is 0 Å². The number of benzene rings is 2. The van der Waals surface area contributed by atoms with Crippen molar-refractivity contribution in [3.8, 4) is 11.3 Å². The molecule has 0 aliphatic rings. The van der Waals surface area contributed by atoms with Crippen molar-refractivity contribution in [1.29, 1.82) is 0 Å². The largest absolute Gasteiger partial charge is 0.346 e. The van der Waals surface area contributed by atoms with Crippen LogP contribution < -0.4 is 10.3 Å². The summed E-state index contributed by atoms with van der Waals surface area (Å²) in [5, 5.41) is 5.70. The average molecular weight is 400 g/mol. The maximum absolute atomic E-state index is 13.0. The first-order chi connectivity index (χ1) is 14.6. The van der Waals surface area contributed by atoms with Gasteiger partial charge in [0.2, 0.25) is 0 Å². The van der Waals surface area contributed by atoms with Crippen molar-refractivity contribution in [2.45, 2.75) is 0 Å². The quantitative estimate of drug-likeness (QED) is 0.515. The van der Waals surface area contributed by atoms with E-state index in [1.54, 1.807) is 30.5 Å². The van der Waals surface area contributed by atoms with E-state index in [1.807, 2.05) is 42.5 Å². The highest BCUT2D eigenvalue weighted by molar-refractivity contribution is 6.01. The zero-order chi connectivity index (χ0) is 21.1. The predicted octanol–water partition coefficient (Wildman–Crippen LogP) is 3.46. The molecule has 8 nitrogen and oxygen atoms in total. The molecule has 150 valence electrons. The van der Waals surface area contributed by atoms with Gasteiger partial charge in [0.25, 0.3) is 11.9 Å². The van der Waals surface area contributed by atoms with Gasteiger partial charge in [0.15, 0.2) is 0 Å². The highest BCUT2D eigenvalue weighted by Gasteiger charge is 2.28. The minimum absolute atomic E-state index is 0.0786. The van der Waals surface area contributed by atoms with E-state index in [1.165, 1.54) is 19.1 Å². The highest BCUT2D eigenvalue weighted by atomic mass is 16.2. The lowest BCUT2D eigenvalue weighted by atomic mass is 10.1. The van der Waals surface area contributed by atoms with Crippen molar-refractivity contribution in [1.82, 2.24) is 25.3 Å². The Morgan fingerprint density at radius 2 is 1.60 bits per heavy atom. The zero-order valence-electron chi connectivity index (χ0n) is 16.5. The van der Waals surface area contributed by atoms with Crippen LogP contribution >= 0.6 is 0 Å². The molecule has 0 saturated carbocycles. The number of hydrogen-bond donors (Lipinski definition) is 2. The van der Waals surface area contributed by atoms with Gasteiger partial charge in [0.05, 0.1) is 5.69 Å². The van der Waals surface area contributed by atoms with Crippen LogP contribution in [0.4, 0.5) is 10.7 Å². The number of aromatic nitrogens is 3. The molecule has 2 N–H and O–H groups in total. The molecule has 0 aliphatic heterocycles. The lowest BCUT2D eigenvalue weighted by Crippen LogP contribution is -2.52. The third-order valence-electron chi connectivity index (χ3n) is 4.66. The number of nitrogens with zero attached hydrogens (tertiary/aromatic N) is 4. The van der Waals surface area contributed by atoms with Crippen LogP contribution in [0.2, 0.25) is 0 Å². The number of hydrazine groups is 1. The fraction of sp³-hybridized carbons (Fsp3) is 0.0909. The summed E-state index contributed by atoms with van der Waals surface area (Å²) in [5.41, 5.74) is 2.54. The Morgan fingerprint density at radius 1 is 0.933 bits per heavy atom. The summed E-state index contributed by atoms with van der Waals surface area (Å²) in [6, 6.07) is 19.7. The average Bonchev–Trinajstić information content (AvgIpc) is 3.28. The molecule has 30 heavy (non-hydrogen) atoms. The molecule has 0 fully saturated rings. The topological polar surface area (TPSA) is 94.2 Å². The van der Waals surface area contributed by atoms with E-state index in [-0.39, 0.29) is 11.9 Å². The number of H-pyrrole nitrogens is 1. The van der Waals surface area contributed by atoms with Crippen molar-refractivity contribution in [2.24, 2.45) is 0 Å². The maximum atomic E-state index is 13.0. The molecule has 0 aliphatic carbocycles. The Balaban J connectivity index is 1.84. The fourth-order valence-electron chi connectivity index (χ4n) is 3.17. The van der Waals surface area contributed by atoms with Gasteiger partial charge in [-0.1, -0.05) is 48.5 Å². The van der Waals surface area contributed by atoms with Crippen molar-refractivity contribution in [2.75, 3.05) is 19.1 Å². The molecule has 8 heteroatoms. The summed E-state index contributed by atoms with van der Waals surface area (Å²) in [4.78, 5) is 37.9. The Kier molecular flexibility index (Phi) is 5.13. The Bertz CT molecular complexity index is 1190. The van der Waals surface area contributed by atoms with Gasteiger partial charge >= 0.3 is 6.03 Å². The number of carbonyl (C=O) groups is 2. The molecule has 0 bridgehead atoms. The van der Waals surface area contributed by atoms with Crippen molar-refractivity contribution >= 4 is 28.9 Å². The van der Waals surface area contributed by atoms with Crippen LogP contribution in [-0.4, -0.2) is 46.0 Å². The SMILES string of the molecule is CNC(=O)N(c1nc(-c2ccccc2)c2cc[nH]c2n1)N(C)C(=O)c1ccccc1. The van der Waals surface area contributed by atoms with Crippen molar-refractivity contribution in [3.05, 3.63) is 78.5 Å². The first kappa shape index (κ1) is 19.1. The number of anilines is 1. The second-order valence-corrected chi connectivity index (χ2v) is 6.54. The molecule has 4 rings (SSSR count). The number of fused-ring (bicyclic) bond motifs is 1. The molecular formula is C22H20N6O2. The van der Waals surface area contributed by atoms with E-state index in [0.717, 1.165) is 16.0 Å². The van der Waals surface area contributed by atoms with Crippen LogP contribution in [0.1, 0.15) is 10.4 Å². The monoisotopic (exact) mass is 400 g/mol. The standard InChI is InChI=1S/C22H20N6O2/c1-23-22(30)28(27(2)20(29)16-11-7-4-8-12-16)21-25-18(15-9-5-3-6-10-15)17-13-14-24-19(17)26-21/h3-14H,1-2H3,(H,23,30)(H,24,25,26). The van der Waals surface area contributed by atoms with Crippen molar-refractivity contribution in [3.63, 3.8) is 0 Å². The van der Waals surface area contributed by atoms with Gasteiger partial charge in [0.1, 0.15) is 5.65 Å². The van der Waals surface area contributed by atoms with E-state index in [4.69, 9.17) is 0 Å². The summed E-state index contributed by atoms with van der Waals surface area (Å²) in [7, 11) is 3.00. The summed E-state index contributed by atoms with van der Waals surface area (Å²) in [6.45, 7) is 0. The second-order valence-electron chi connectivity index (χ2n) is 6.54. The number of urea groups is 1. The van der Waals surface area contributed by atoms with E-state index in [2.05, 4.69) is 20.3 Å². The number of nitrogens with one attached hydrogen (secondary N) is 2. The molecule has 3 amide bonds. The summed E-state index contributed by atoms with van der Waals surface area (Å²) in [6.07, 6.45) is 1.76. The van der Waals surface area contributed by atoms with Crippen LogP contribution in [0.5, 0.6) is 0 Å². The smallest absolute Gasteiger partial charge is 0.343 e. The van der Waals surface area contributed by atoms with E-state index in [9.17, 15) is 9.59 Å². The molecule has 2 aromatic carbocycles. The Labute approximate surface area is 173 Å². The molecule has 2 aromatic heterocycles. The molecule has 0 saturated heterocycles. The zero-order valence-corrected chi connectivity index (χ0v) is 16.5. The van der Waals surface area contributed by atoms with Gasteiger partial charge in [-0.15, -0.1) is 0 Å². The van der Waals surface area contributed by atoms with Crippen LogP contribution in [0.15, 0.2) is 72.9 Å². The van der Waals surface area contributed by atoms with E-state index < -0.39 is 6.03 Å². The fourth-order valence-corrected chi connectivity index (χ4v) is 3.17. The normalized spacial score (nSPS) is 10.6. The van der Waals surface area contributed by atoms with Gasteiger partial charge in [-0.2, -0.15) is 9.99 Å². The summed E-state index contributed by atoms with van der Waals surface area (Å²) >= 11 is 0. The maximum Gasteiger partial charge on any atom is 0.343 e. The number of hydrogen-bond acceptors (Lipinski definition) is 4. The van der Waals surface area contributed by atoms with Crippen LogP contribution in [0.3, 0.4) is 0 Å². The molecule has 4 aromatic rings. The first-order valence-corrected chi connectivity index (χ1v) is 9.35. The third-order valence-corrected chi connectivity index (χ3v) is 4.66. The van der Waals surface area contributed by atoms with Gasteiger partial charge in [-0.25, -0.2) is 14.8 Å². The van der Waals surface area contributed by atoms with Crippen LogP contribution in [0.25, 0.3) is 22.3 Å². The molecule has 0 radical (unpaired) electrons. The lowest BCUT2D eigenvalue weighted by molar-refractivity contribution is 0.0783.